The van der Waals surface area contributed by atoms with E-state index < -0.39 is 46.4 Å². The van der Waals surface area contributed by atoms with Crippen molar-refractivity contribution in [3.8, 4) is 5.88 Å². The number of carbonyl (C=O) groups is 1. The lowest BCUT2D eigenvalue weighted by Gasteiger charge is -2.31. The summed E-state index contributed by atoms with van der Waals surface area (Å²) < 4.78 is 71.1. The fourth-order valence-electron chi connectivity index (χ4n) is 3.15. The van der Waals surface area contributed by atoms with Gasteiger partial charge >= 0.3 is 6.18 Å². The molecule has 0 saturated carbocycles. The van der Waals surface area contributed by atoms with Crippen LogP contribution in [0.25, 0.3) is 0 Å². The molecule has 180 valence electrons. The van der Waals surface area contributed by atoms with Crippen molar-refractivity contribution in [2.45, 2.75) is 30.0 Å². The Morgan fingerprint density at radius 3 is 2.39 bits per heavy atom. The van der Waals surface area contributed by atoms with Crippen LogP contribution in [0.3, 0.4) is 0 Å². The summed E-state index contributed by atoms with van der Waals surface area (Å²) in [5.74, 6) is -0.785. The van der Waals surface area contributed by atoms with Crippen LogP contribution < -0.4 is 14.4 Å². The first-order chi connectivity index (χ1) is 15.5. The molecule has 33 heavy (non-hydrogen) atoms. The molecular weight excluding hydrogens is 467 g/mol. The molecule has 0 aliphatic carbocycles. The lowest BCUT2D eigenvalue weighted by atomic mass is 9.98. The number of pyridine rings is 1. The number of benzene rings is 1. The van der Waals surface area contributed by atoms with Crippen LogP contribution in [0, 0.1) is 0 Å². The number of hydrogen-bond donors (Lipinski definition) is 3. The van der Waals surface area contributed by atoms with Crippen molar-refractivity contribution in [2.75, 3.05) is 30.7 Å². The van der Waals surface area contributed by atoms with Crippen LogP contribution in [-0.2, 0) is 16.2 Å². The average Bonchev–Trinajstić information content (AvgIpc) is 2.81. The molecule has 1 aromatic carbocycles. The summed E-state index contributed by atoms with van der Waals surface area (Å²) in [6.07, 6.45) is -3.24. The molecule has 0 fully saturated rings. The molecule has 3 rings (SSSR count). The van der Waals surface area contributed by atoms with Crippen molar-refractivity contribution < 1.29 is 41.3 Å². The summed E-state index contributed by atoms with van der Waals surface area (Å²) >= 11 is 0. The van der Waals surface area contributed by atoms with E-state index in [-0.39, 0.29) is 41.6 Å². The van der Waals surface area contributed by atoms with E-state index in [9.17, 15) is 36.6 Å². The van der Waals surface area contributed by atoms with Crippen LogP contribution in [0.4, 0.5) is 18.9 Å². The molecule has 0 atom stereocenters. The van der Waals surface area contributed by atoms with E-state index >= 15 is 0 Å². The van der Waals surface area contributed by atoms with Crippen molar-refractivity contribution in [3.63, 3.8) is 0 Å². The van der Waals surface area contributed by atoms with Gasteiger partial charge in [0, 0.05) is 6.20 Å². The first kappa shape index (κ1) is 24.7. The predicted octanol–water partition coefficient (Wildman–Crippen LogP) is 1.55. The Hall–Kier alpha value is -2.90. The minimum absolute atomic E-state index is 0.0562. The standard InChI is InChI=1S/C20H22F3N3O6S/c1-2-19(11-27,12-28)25-17(29)13-9-16-18(24-10-13)32-8-7-26(16)33(30,31)15-5-3-14(4-6-15)20(21,22)23/h3-6,9-10,27-28H,2,7-8,11-12H2,1H3,(H,25,29). The molecule has 1 aromatic heterocycles. The van der Waals surface area contributed by atoms with Gasteiger partial charge in [-0.05, 0) is 36.8 Å². The number of nitrogens with one attached hydrogen (secondary N) is 1. The number of aliphatic hydroxyl groups excluding tert-OH is 2. The van der Waals surface area contributed by atoms with Crippen LogP contribution in [0.2, 0.25) is 0 Å². The van der Waals surface area contributed by atoms with Crippen molar-refractivity contribution in [1.29, 1.82) is 0 Å². The van der Waals surface area contributed by atoms with Crippen molar-refractivity contribution in [3.05, 3.63) is 47.7 Å². The van der Waals surface area contributed by atoms with Gasteiger partial charge in [-0.15, -0.1) is 0 Å². The van der Waals surface area contributed by atoms with E-state index in [1.807, 2.05) is 0 Å². The topological polar surface area (TPSA) is 129 Å². The molecule has 13 heteroatoms. The number of halogens is 3. The maximum atomic E-state index is 13.2. The first-order valence-electron chi connectivity index (χ1n) is 9.84. The van der Waals surface area contributed by atoms with Gasteiger partial charge in [-0.2, -0.15) is 13.2 Å². The molecule has 0 bridgehead atoms. The van der Waals surface area contributed by atoms with Gasteiger partial charge in [-0.25, -0.2) is 13.4 Å². The molecule has 0 saturated heterocycles. The highest BCUT2D eigenvalue weighted by Gasteiger charge is 2.35. The van der Waals surface area contributed by atoms with Crippen molar-refractivity contribution in [1.82, 2.24) is 10.3 Å². The van der Waals surface area contributed by atoms with Gasteiger partial charge in [0.2, 0.25) is 5.88 Å². The monoisotopic (exact) mass is 489 g/mol. The number of carbonyl (C=O) groups excluding carboxylic acids is 1. The van der Waals surface area contributed by atoms with Gasteiger partial charge in [0.05, 0.1) is 41.3 Å². The van der Waals surface area contributed by atoms with Crippen LogP contribution >= 0.6 is 0 Å². The van der Waals surface area contributed by atoms with Crippen LogP contribution in [0.5, 0.6) is 5.88 Å². The lowest BCUT2D eigenvalue weighted by molar-refractivity contribution is -0.137. The number of sulfonamides is 1. The number of rotatable bonds is 7. The molecule has 0 spiro atoms. The summed E-state index contributed by atoms with van der Waals surface area (Å²) in [6.45, 7) is 0.391. The Balaban J connectivity index is 1.96. The van der Waals surface area contributed by atoms with Crippen molar-refractivity contribution in [2.24, 2.45) is 0 Å². The Morgan fingerprint density at radius 1 is 1.21 bits per heavy atom. The van der Waals surface area contributed by atoms with Gasteiger partial charge in [-0.3, -0.25) is 9.10 Å². The summed E-state index contributed by atoms with van der Waals surface area (Å²) in [7, 11) is -4.29. The van der Waals surface area contributed by atoms with E-state index in [1.54, 1.807) is 6.92 Å². The van der Waals surface area contributed by atoms with Crippen LogP contribution in [0.1, 0.15) is 29.3 Å². The van der Waals surface area contributed by atoms with Gasteiger partial charge in [0.1, 0.15) is 12.3 Å². The smallest absolute Gasteiger partial charge is 0.416 e. The highest BCUT2D eigenvalue weighted by molar-refractivity contribution is 7.92. The molecular formula is C20H22F3N3O6S. The number of anilines is 1. The number of amides is 1. The molecule has 1 aliphatic heterocycles. The molecule has 0 radical (unpaired) electrons. The number of fused-ring (bicyclic) bond motifs is 1. The zero-order valence-electron chi connectivity index (χ0n) is 17.5. The van der Waals surface area contributed by atoms with Crippen molar-refractivity contribution >= 4 is 21.6 Å². The number of alkyl halides is 3. The maximum absolute atomic E-state index is 13.2. The summed E-state index contributed by atoms with van der Waals surface area (Å²) in [4.78, 5) is 16.3. The normalized spacial score (nSPS) is 14.4. The highest BCUT2D eigenvalue weighted by atomic mass is 32.2. The Bertz CT molecular complexity index is 1110. The zero-order chi connectivity index (χ0) is 24.4. The van der Waals surface area contributed by atoms with E-state index in [1.165, 1.54) is 6.07 Å². The van der Waals surface area contributed by atoms with E-state index in [0.717, 1.165) is 22.6 Å². The van der Waals surface area contributed by atoms with E-state index in [2.05, 4.69) is 10.3 Å². The molecule has 0 unspecified atom stereocenters. The van der Waals surface area contributed by atoms with Gasteiger partial charge in [-0.1, -0.05) is 6.92 Å². The van der Waals surface area contributed by atoms with Crippen LogP contribution in [0.15, 0.2) is 41.4 Å². The molecule has 9 nitrogen and oxygen atoms in total. The Labute approximate surface area is 187 Å². The zero-order valence-corrected chi connectivity index (χ0v) is 18.3. The summed E-state index contributed by atoms with van der Waals surface area (Å²) in [5.41, 5.74) is -2.40. The number of aromatic nitrogens is 1. The second kappa shape index (κ2) is 9.15. The number of hydrogen-bond acceptors (Lipinski definition) is 7. The second-order valence-corrected chi connectivity index (χ2v) is 9.26. The third-order valence-corrected chi connectivity index (χ3v) is 7.15. The SMILES string of the molecule is CCC(CO)(CO)NC(=O)c1cnc2c(c1)N(S(=O)(=O)c1ccc(C(F)(F)F)cc1)CCO2. The van der Waals surface area contributed by atoms with Gasteiger partial charge in [0.25, 0.3) is 15.9 Å². The number of nitrogens with zero attached hydrogens (tertiary/aromatic N) is 2. The fourth-order valence-corrected chi connectivity index (χ4v) is 4.59. The number of ether oxygens (including phenoxy) is 1. The Kier molecular flexibility index (Phi) is 6.86. The quantitative estimate of drug-likeness (QED) is 0.538. The van der Waals surface area contributed by atoms with Gasteiger partial charge in [0.15, 0.2) is 0 Å². The number of aliphatic hydroxyl groups is 2. The largest absolute Gasteiger partial charge is 0.474 e. The minimum atomic E-state index is -4.61. The van der Waals surface area contributed by atoms with E-state index in [0.29, 0.717) is 12.1 Å². The average molecular weight is 489 g/mol. The maximum Gasteiger partial charge on any atom is 0.416 e. The summed E-state index contributed by atoms with van der Waals surface area (Å²) in [6, 6.07) is 4.27. The Morgan fingerprint density at radius 2 is 1.85 bits per heavy atom. The predicted molar refractivity (Wildman–Crippen MR) is 110 cm³/mol. The molecule has 1 amide bonds. The molecule has 1 aliphatic rings. The molecule has 2 heterocycles. The molecule has 2 aromatic rings. The second-order valence-electron chi connectivity index (χ2n) is 7.40. The molecule has 3 N–H and O–H groups in total. The van der Waals surface area contributed by atoms with Gasteiger partial charge < -0.3 is 20.3 Å². The summed E-state index contributed by atoms with van der Waals surface area (Å²) in [5, 5.41) is 21.6. The highest BCUT2D eigenvalue weighted by Crippen LogP contribution is 2.35. The first-order valence-corrected chi connectivity index (χ1v) is 11.3. The van der Waals surface area contributed by atoms with Crippen LogP contribution in [-0.4, -0.2) is 61.4 Å². The van der Waals surface area contributed by atoms with E-state index in [4.69, 9.17) is 4.74 Å². The lowest BCUT2D eigenvalue weighted by Crippen LogP contribution is -2.53. The minimum Gasteiger partial charge on any atom is -0.474 e. The third-order valence-electron chi connectivity index (χ3n) is 5.33. The fraction of sp³-hybridized carbons (Fsp3) is 0.400. The third kappa shape index (κ3) is 4.89.